The normalized spacial score (nSPS) is 10.2. The number of amides is 1. The van der Waals surface area contributed by atoms with Gasteiger partial charge in [-0.3, -0.25) is 5.32 Å². The Bertz CT molecular complexity index is 620. The molecule has 2 aromatic rings. The number of hydrogen-bond acceptors (Lipinski definition) is 3. The second-order valence-electron chi connectivity index (χ2n) is 5.57. The first-order valence-corrected chi connectivity index (χ1v) is 8.52. The molecular weight excluding hydrogens is 302 g/mol. The number of rotatable bonds is 8. The molecule has 0 bridgehead atoms. The van der Waals surface area contributed by atoms with Crippen LogP contribution in [0.3, 0.4) is 0 Å². The summed E-state index contributed by atoms with van der Waals surface area (Å²) in [6.45, 7) is 4.74. The minimum absolute atomic E-state index is 0.502. The van der Waals surface area contributed by atoms with Crippen LogP contribution in [0, 0.1) is 0 Å². The van der Waals surface area contributed by atoms with Gasteiger partial charge in [0.1, 0.15) is 11.5 Å². The summed E-state index contributed by atoms with van der Waals surface area (Å²) in [6, 6.07) is 14.9. The van der Waals surface area contributed by atoms with Gasteiger partial charge in [0.25, 0.3) is 0 Å². The van der Waals surface area contributed by atoms with E-state index in [1.54, 1.807) is 12.1 Å². The van der Waals surface area contributed by atoms with E-state index in [0.29, 0.717) is 18.0 Å². The minimum atomic E-state index is -0.502. The maximum absolute atomic E-state index is 11.9. The van der Waals surface area contributed by atoms with Gasteiger partial charge in [-0.05, 0) is 61.7 Å². The molecular formula is C20H25NO3. The highest BCUT2D eigenvalue weighted by atomic mass is 16.6. The first-order chi connectivity index (χ1) is 11.7. The molecule has 0 heterocycles. The molecule has 2 rings (SSSR count). The Balaban J connectivity index is 1.83. The van der Waals surface area contributed by atoms with Crippen LogP contribution in [0.5, 0.6) is 11.5 Å². The van der Waals surface area contributed by atoms with Crippen LogP contribution in [0.4, 0.5) is 10.5 Å². The van der Waals surface area contributed by atoms with Crippen molar-refractivity contribution >= 4 is 11.8 Å². The van der Waals surface area contributed by atoms with E-state index in [2.05, 4.69) is 12.2 Å². The molecule has 4 heteroatoms. The molecule has 4 nitrogen and oxygen atoms in total. The Morgan fingerprint density at radius 2 is 1.58 bits per heavy atom. The lowest BCUT2D eigenvalue weighted by Crippen LogP contribution is -2.16. The Hall–Kier alpha value is -2.49. The zero-order valence-electron chi connectivity index (χ0n) is 14.4. The number of ether oxygens (including phenoxy) is 2. The average Bonchev–Trinajstić information content (AvgIpc) is 2.59. The minimum Gasteiger partial charge on any atom is -0.494 e. The summed E-state index contributed by atoms with van der Waals surface area (Å²) in [6.07, 6.45) is 4.20. The highest BCUT2D eigenvalue weighted by Crippen LogP contribution is 2.18. The average molecular weight is 327 g/mol. The van der Waals surface area contributed by atoms with Gasteiger partial charge in [-0.1, -0.05) is 31.9 Å². The van der Waals surface area contributed by atoms with Crippen LogP contribution >= 0.6 is 0 Å². The van der Waals surface area contributed by atoms with Crippen molar-refractivity contribution in [1.82, 2.24) is 0 Å². The van der Waals surface area contributed by atoms with Crippen molar-refractivity contribution in [1.29, 1.82) is 0 Å². The molecule has 2 aromatic carbocycles. The quantitative estimate of drug-likeness (QED) is 0.658. The van der Waals surface area contributed by atoms with E-state index in [1.165, 1.54) is 24.8 Å². The van der Waals surface area contributed by atoms with Crippen molar-refractivity contribution in [3.63, 3.8) is 0 Å². The molecule has 0 fully saturated rings. The van der Waals surface area contributed by atoms with Crippen molar-refractivity contribution in [2.45, 2.75) is 39.5 Å². The van der Waals surface area contributed by atoms with Crippen LogP contribution in [0.2, 0.25) is 0 Å². The zero-order valence-corrected chi connectivity index (χ0v) is 14.4. The molecule has 0 saturated carbocycles. The molecule has 0 aliphatic carbocycles. The summed E-state index contributed by atoms with van der Waals surface area (Å²) in [5.74, 6) is 1.31. The number of carbonyl (C=O) groups is 1. The van der Waals surface area contributed by atoms with Gasteiger partial charge in [0.15, 0.2) is 0 Å². The predicted octanol–water partition coefficient (Wildman–Crippen LogP) is 5.43. The third kappa shape index (κ3) is 5.95. The summed E-state index contributed by atoms with van der Waals surface area (Å²) < 4.78 is 10.7. The first-order valence-electron chi connectivity index (χ1n) is 8.52. The predicted molar refractivity (Wildman–Crippen MR) is 96.9 cm³/mol. The number of nitrogens with one attached hydrogen (secondary N) is 1. The van der Waals surface area contributed by atoms with E-state index in [4.69, 9.17) is 9.47 Å². The van der Waals surface area contributed by atoms with E-state index >= 15 is 0 Å². The lowest BCUT2D eigenvalue weighted by Gasteiger charge is -2.08. The molecule has 0 saturated heterocycles. The Morgan fingerprint density at radius 1 is 0.917 bits per heavy atom. The van der Waals surface area contributed by atoms with Crippen molar-refractivity contribution in [3.8, 4) is 11.5 Å². The number of benzene rings is 2. The maximum Gasteiger partial charge on any atom is 0.417 e. The third-order valence-electron chi connectivity index (χ3n) is 3.61. The summed E-state index contributed by atoms with van der Waals surface area (Å²) in [5.41, 5.74) is 1.93. The molecule has 0 aliphatic rings. The molecule has 0 unspecified atom stereocenters. The lowest BCUT2D eigenvalue weighted by atomic mass is 10.1. The van der Waals surface area contributed by atoms with E-state index in [9.17, 15) is 4.79 Å². The highest BCUT2D eigenvalue weighted by Gasteiger charge is 2.05. The second kappa shape index (κ2) is 9.60. The van der Waals surface area contributed by atoms with Gasteiger partial charge >= 0.3 is 6.09 Å². The van der Waals surface area contributed by atoms with Crippen LogP contribution in [-0.4, -0.2) is 12.7 Å². The van der Waals surface area contributed by atoms with Crippen LogP contribution in [-0.2, 0) is 6.42 Å². The van der Waals surface area contributed by atoms with E-state index in [-0.39, 0.29) is 0 Å². The largest absolute Gasteiger partial charge is 0.494 e. The van der Waals surface area contributed by atoms with Crippen LogP contribution in [0.25, 0.3) is 0 Å². The van der Waals surface area contributed by atoms with Crippen molar-refractivity contribution in [3.05, 3.63) is 54.1 Å². The molecule has 0 spiro atoms. The van der Waals surface area contributed by atoms with Crippen LogP contribution < -0.4 is 14.8 Å². The molecule has 128 valence electrons. The topological polar surface area (TPSA) is 47.6 Å². The summed E-state index contributed by atoms with van der Waals surface area (Å²) in [7, 11) is 0. The van der Waals surface area contributed by atoms with E-state index in [1.807, 2.05) is 43.3 Å². The Labute approximate surface area is 143 Å². The fourth-order valence-electron chi connectivity index (χ4n) is 2.35. The molecule has 24 heavy (non-hydrogen) atoms. The van der Waals surface area contributed by atoms with Crippen LogP contribution in [0.15, 0.2) is 48.5 Å². The lowest BCUT2D eigenvalue weighted by molar-refractivity contribution is 0.215. The fraction of sp³-hybridized carbons (Fsp3) is 0.350. The standard InChI is InChI=1S/C20H25NO3/c1-3-5-6-7-16-8-12-19(13-9-16)24-20(22)21-17-10-14-18(15-11-17)23-4-2/h8-15H,3-7H2,1-2H3,(H,21,22). The summed E-state index contributed by atoms with van der Waals surface area (Å²) in [4.78, 5) is 11.9. The molecule has 0 aromatic heterocycles. The van der Waals surface area contributed by atoms with Gasteiger partial charge < -0.3 is 9.47 Å². The molecule has 1 N–H and O–H groups in total. The van der Waals surface area contributed by atoms with Gasteiger partial charge in [0, 0.05) is 5.69 Å². The van der Waals surface area contributed by atoms with Crippen molar-refractivity contribution in [2.75, 3.05) is 11.9 Å². The smallest absolute Gasteiger partial charge is 0.417 e. The SMILES string of the molecule is CCCCCc1ccc(OC(=O)Nc2ccc(OCC)cc2)cc1. The number of hydrogen-bond donors (Lipinski definition) is 1. The van der Waals surface area contributed by atoms with Crippen molar-refractivity contribution < 1.29 is 14.3 Å². The molecule has 1 amide bonds. The van der Waals surface area contributed by atoms with E-state index in [0.717, 1.165) is 12.2 Å². The molecule has 0 radical (unpaired) electrons. The fourth-order valence-corrected chi connectivity index (χ4v) is 2.35. The van der Waals surface area contributed by atoms with Gasteiger partial charge in [0.2, 0.25) is 0 Å². The summed E-state index contributed by atoms with van der Waals surface area (Å²) >= 11 is 0. The zero-order chi connectivity index (χ0) is 17.2. The number of anilines is 1. The highest BCUT2D eigenvalue weighted by molar-refractivity contribution is 5.86. The summed E-state index contributed by atoms with van der Waals surface area (Å²) in [5, 5.41) is 2.70. The molecule has 0 atom stereocenters. The maximum atomic E-state index is 11.9. The number of aryl methyl sites for hydroxylation is 1. The number of carbonyl (C=O) groups excluding carboxylic acids is 1. The monoisotopic (exact) mass is 327 g/mol. The van der Waals surface area contributed by atoms with Crippen molar-refractivity contribution in [2.24, 2.45) is 0 Å². The third-order valence-corrected chi connectivity index (χ3v) is 3.61. The van der Waals surface area contributed by atoms with Gasteiger partial charge in [0.05, 0.1) is 6.61 Å². The van der Waals surface area contributed by atoms with Gasteiger partial charge in [-0.25, -0.2) is 4.79 Å². The van der Waals surface area contributed by atoms with Gasteiger partial charge in [-0.15, -0.1) is 0 Å². The van der Waals surface area contributed by atoms with Crippen LogP contribution in [0.1, 0.15) is 38.7 Å². The number of unbranched alkanes of at least 4 members (excludes halogenated alkanes) is 2. The Morgan fingerprint density at radius 3 is 2.21 bits per heavy atom. The second-order valence-corrected chi connectivity index (χ2v) is 5.57. The Kier molecular flexibility index (Phi) is 7.15. The van der Waals surface area contributed by atoms with Gasteiger partial charge in [-0.2, -0.15) is 0 Å². The van der Waals surface area contributed by atoms with E-state index < -0.39 is 6.09 Å². The first kappa shape index (κ1) is 17.9. The molecule has 0 aliphatic heterocycles.